The van der Waals surface area contributed by atoms with Crippen molar-refractivity contribution >= 4 is 140 Å². The van der Waals surface area contributed by atoms with Gasteiger partial charge in [-0.15, -0.1) is 22.7 Å². The maximum atomic E-state index is 5.81. The van der Waals surface area contributed by atoms with Gasteiger partial charge in [-0.05, 0) is 210 Å². The summed E-state index contributed by atoms with van der Waals surface area (Å²) in [6, 6.07) is 80.7. The molecular formula is C134H180N2O2S4. The fourth-order valence-electron chi connectivity index (χ4n) is 17.8. The van der Waals surface area contributed by atoms with E-state index in [9.17, 15) is 0 Å². The Morgan fingerprint density at radius 1 is 0.183 bits per heavy atom. The summed E-state index contributed by atoms with van der Waals surface area (Å²) in [5.74, 6) is 1.95. The fraction of sp³-hybridized carbons (Fsp3) is 0.478. The predicted octanol–water partition coefficient (Wildman–Crippen LogP) is 42.9. The topological polar surface area (TPSA) is 52.1 Å². The SMILES string of the molecule is CC(C)(C)c1c2ccccc2c(C(C)(C)C)c2ccccc12.CC(C)(C)c1cc2oc(C(C)(C)C)cc2o1.CC(C)(C)c1cc2sc(C(C)(C)C)cc2s1.CC(C)(C)c1ccc(C(C)(C)C)c2cc3ccccc3cc12.CC(C)(C)c1ccc(C(C)(C)C)c2ccccc12.CC(C)(C)c1ccc(C(C)(C)C)cc1.CC(C)(C)c1ccc2cc(C(C)(C)C)ccc2c1.CC(C)(C)c1nc2sc(C(C)(C)C)nc2s1. The summed E-state index contributed by atoms with van der Waals surface area (Å²) >= 11 is 7.36. The van der Waals surface area contributed by atoms with E-state index >= 15 is 0 Å². The van der Waals surface area contributed by atoms with Crippen molar-refractivity contribution in [2.75, 3.05) is 0 Å². The summed E-state index contributed by atoms with van der Waals surface area (Å²) in [6.45, 7) is 108. The fourth-order valence-corrected chi connectivity index (χ4v) is 22.4. The van der Waals surface area contributed by atoms with Crippen molar-refractivity contribution in [3.8, 4) is 0 Å². The number of thiazole rings is 2. The van der Waals surface area contributed by atoms with Gasteiger partial charge >= 0.3 is 0 Å². The maximum Gasteiger partial charge on any atom is 0.172 e. The highest BCUT2D eigenvalue weighted by molar-refractivity contribution is 7.28. The van der Waals surface area contributed by atoms with E-state index in [0.717, 1.165) is 32.3 Å². The van der Waals surface area contributed by atoms with E-state index < -0.39 is 0 Å². The molecule has 17 rings (SSSR count). The Morgan fingerprint density at radius 3 is 0.655 bits per heavy atom. The van der Waals surface area contributed by atoms with Crippen LogP contribution in [0.4, 0.5) is 0 Å². The van der Waals surface area contributed by atoms with E-state index in [1.807, 2.05) is 34.8 Å². The molecule has 4 nitrogen and oxygen atoms in total. The molecule has 8 heteroatoms. The Hall–Kier alpha value is -9.02. The van der Waals surface area contributed by atoms with Gasteiger partial charge in [-0.2, -0.15) is 0 Å². The molecule has 0 aliphatic heterocycles. The second-order valence-electron chi connectivity index (χ2n) is 56.4. The monoisotopic (exact) mass is 1980 g/mol. The molecule has 0 radical (unpaired) electrons. The van der Waals surface area contributed by atoms with Crippen LogP contribution in [0.3, 0.4) is 0 Å². The van der Waals surface area contributed by atoms with Crippen LogP contribution >= 0.6 is 45.3 Å². The van der Waals surface area contributed by atoms with Crippen LogP contribution in [-0.2, 0) is 86.6 Å². The Bertz CT molecular complexity index is 6400. The highest BCUT2D eigenvalue weighted by atomic mass is 32.1. The summed E-state index contributed by atoms with van der Waals surface area (Å²) in [4.78, 5) is 14.6. The highest BCUT2D eigenvalue weighted by Crippen LogP contribution is 2.48. The summed E-state index contributed by atoms with van der Waals surface area (Å²) in [6.07, 6.45) is 0. The van der Waals surface area contributed by atoms with E-state index in [4.69, 9.17) is 18.8 Å². The molecule has 0 saturated carbocycles. The number of hydrogen-bond acceptors (Lipinski definition) is 8. The van der Waals surface area contributed by atoms with Crippen molar-refractivity contribution < 1.29 is 8.83 Å². The van der Waals surface area contributed by atoms with Crippen LogP contribution in [0.1, 0.15) is 419 Å². The molecule has 0 aliphatic rings. The zero-order chi connectivity index (χ0) is 107. The zero-order valence-electron chi connectivity index (χ0n) is 97.1. The van der Waals surface area contributed by atoms with E-state index in [1.165, 1.54) is 149 Å². The van der Waals surface area contributed by atoms with E-state index in [2.05, 4.69) is 539 Å². The number of nitrogens with zero attached hydrogens (tertiary/aromatic N) is 2. The molecular weight excluding hydrogens is 1800 g/mol. The third kappa shape index (κ3) is 28.8. The minimum absolute atomic E-state index is 0.0312. The Morgan fingerprint density at radius 2 is 0.423 bits per heavy atom. The summed E-state index contributed by atoms with van der Waals surface area (Å²) in [5, 5.41) is 18.9. The predicted molar refractivity (Wildman–Crippen MR) is 640 cm³/mol. The molecule has 17 aromatic rings. The maximum absolute atomic E-state index is 5.81. The van der Waals surface area contributed by atoms with Gasteiger partial charge in [0, 0.05) is 52.9 Å². The molecule has 0 aliphatic carbocycles. The Kier molecular flexibility index (Phi) is 33.8. The van der Waals surface area contributed by atoms with Crippen LogP contribution < -0.4 is 0 Å². The molecule has 0 fully saturated rings. The van der Waals surface area contributed by atoms with Gasteiger partial charge in [0.15, 0.2) is 20.8 Å². The second-order valence-corrected chi connectivity index (χ2v) is 60.5. The highest BCUT2D eigenvalue weighted by Gasteiger charge is 2.33. The van der Waals surface area contributed by atoms with Crippen molar-refractivity contribution in [3.63, 3.8) is 0 Å². The molecule has 11 aromatic carbocycles. The lowest BCUT2D eigenvalue weighted by Crippen LogP contribution is -2.17. The van der Waals surface area contributed by atoms with Gasteiger partial charge in [-0.25, -0.2) is 9.97 Å². The van der Waals surface area contributed by atoms with Gasteiger partial charge in [0.05, 0.1) is 0 Å². The summed E-state index contributed by atoms with van der Waals surface area (Å²) < 4.78 is 14.5. The molecule has 0 N–H and O–H groups in total. The quantitative estimate of drug-likeness (QED) is 0.142. The second kappa shape index (κ2) is 41.7. The number of furan rings is 2. The van der Waals surface area contributed by atoms with Gasteiger partial charge in [0.1, 0.15) is 21.5 Å². The van der Waals surface area contributed by atoms with E-state index in [-0.39, 0.29) is 86.6 Å². The van der Waals surface area contributed by atoms with Gasteiger partial charge < -0.3 is 8.83 Å². The Balaban J connectivity index is 0.000000168. The Labute approximate surface area is 876 Å². The average Bonchev–Trinajstić information content (AvgIpc) is 0.759. The first-order valence-corrected chi connectivity index (χ1v) is 55.3. The largest absolute Gasteiger partial charge is 0.457 e. The van der Waals surface area contributed by atoms with Crippen LogP contribution in [0.15, 0.2) is 227 Å². The van der Waals surface area contributed by atoms with Crippen LogP contribution in [0, 0.1) is 0 Å². The number of benzene rings is 11. The zero-order valence-corrected chi connectivity index (χ0v) is 100. The lowest BCUT2D eigenvalue weighted by atomic mass is 9.74. The van der Waals surface area contributed by atoms with Gasteiger partial charge in [-0.3, -0.25) is 0 Å². The van der Waals surface area contributed by atoms with Gasteiger partial charge in [0.25, 0.3) is 0 Å². The first-order chi connectivity index (χ1) is 64.5. The number of aromatic nitrogens is 2. The van der Waals surface area contributed by atoms with Crippen molar-refractivity contribution in [2.24, 2.45) is 0 Å². The normalized spacial score (nSPS) is 13.2. The summed E-state index contributed by atoms with van der Waals surface area (Å²) in [5.41, 5.74) is 18.8. The van der Waals surface area contributed by atoms with Crippen LogP contribution in [0.2, 0.25) is 0 Å². The van der Waals surface area contributed by atoms with Crippen molar-refractivity contribution in [3.05, 3.63) is 305 Å². The van der Waals surface area contributed by atoms with Gasteiger partial charge in [0.2, 0.25) is 0 Å². The molecule has 6 heterocycles. The molecule has 0 spiro atoms. The molecule has 0 amide bonds. The first kappa shape index (κ1) is 115. The molecule has 762 valence electrons. The van der Waals surface area contributed by atoms with Crippen LogP contribution in [0.5, 0.6) is 0 Å². The summed E-state index contributed by atoms with van der Waals surface area (Å²) in [7, 11) is 0. The van der Waals surface area contributed by atoms with Crippen LogP contribution in [0.25, 0.3) is 94.9 Å². The van der Waals surface area contributed by atoms with Crippen molar-refractivity contribution in [1.82, 2.24) is 9.97 Å². The third-order valence-corrected chi connectivity index (χ3v) is 32.3. The molecule has 0 bridgehead atoms. The standard InChI is InChI=1S/2C22H26.2C18H24.C14H20O2.C14H20S2.C14H22.C12H18N2S2/c1-21(2,3)19-15-11-7-9-13-17(15)20(22(4,5)6)18-14-10-8-12-16(18)19;1-21(2,3)19-11-12-20(22(4,5)6)18-14-16-10-8-7-9-15(16)13-17(18)19;1-17(2,3)15-9-7-14-12-16(18(4,5)6)10-8-13(14)11-15;1-17(2,3)15-11-12-16(18(4,5)6)14-10-8-7-9-13(14)15;2*1-13(2,3)11-7-9-10(15-11)8-12(16-9)14(4,5)6;1-13(2,3)11-7-9-12(10-8-11)14(4,5)6;1-11(2,3)9-13-7-8(15-9)14-10(16-7)12(4,5)6/h2*7-14H,1-6H3;2*7-12H,1-6H3;2*7-8H,1-6H3;7-10H,1-6H3;1-6H3. The molecule has 0 atom stereocenters. The van der Waals surface area contributed by atoms with Gasteiger partial charge in [-0.1, -0.05) is 537 Å². The molecule has 6 aromatic heterocycles. The molecule has 0 unspecified atom stereocenters. The number of rotatable bonds is 0. The lowest BCUT2D eigenvalue weighted by molar-refractivity contribution is 0.423. The average molecular weight is 1980 g/mol. The third-order valence-electron chi connectivity index (χ3n) is 26.3. The van der Waals surface area contributed by atoms with Crippen molar-refractivity contribution in [1.29, 1.82) is 0 Å². The van der Waals surface area contributed by atoms with Crippen molar-refractivity contribution in [2.45, 2.75) is 419 Å². The minimum Gasteiger partial charge on any atom is -0.457 e. The minimum atomic E-state index is 0.0312. The molecule has 0 saturated heterocycles. The van der Waals surface area contributed by atoms with E-state index in [0.29, 0.717) is 0 Å². The number of hydrogen-bond donors (Lipinski definition) is 0. The lowest BCUT2D eigenvalue weighted by Gasteiger charge is -2.30. The van der Waals surface area contributed by atoms with Crippen LogP contribution in [-0.4, -0.2) is 9.97 Å². The molecule has 142 heavy (non-hydrogen) atoms. The number of thiophene rings is 2. The number of fused-ring (bicyclic) bond motifs is 9. The smallest absolute Gasteiger partial charge is 0.172 e. The van der Waals surface area contributed by atoms with E-state index in [1.54, 1.807) is 22.7 Å². The first-order valence-electron chi connectivity index (χ1n) is 52.0.